The number of amides is 1. The molecule has 22 heavy (non-hydrogen) atoms. The van der Waals surface area contributed by atoms with Crippen molar-refractivity contribution in [1.29, 1.82) is 0 Å². The highest BCUT2D eigenvalue weighted by atomic mass is 79.9. The van der Waals surface area contributed by atoms with Gasteiger partial charge >= 0.3 is 0 Å². The average molecular weight is 367 g/mol. The lowest BCUT2D eigenvalue weighted by Gasteiger charge is -2.25. The number of hydrogen-bond acceptors (Lipinski definition) is 3. The molecule has 2 rings (SSSR count). The molecule has 0 spiro atoms. The van der Waals surface area contributed by atoms with E-state index in [2.05, 4.69) is 27.4 Å². The van der Waals surface area contributed by atoms with Gasteiger partial charge in [-0.1, -0.05) is 28.1 Å². The van der Waals surface area contributed by atoms with Crippen molar-refractivity contribution >= 4 is 21.8 Å². The van der Waals surface area contributed by atoms with Crippen LogP contribution in [0.25, 0.3) is 0 Å². The molecule has 120 valence electrons. The summed E-state index contributed by atoms with van der Waals surface area (Å²) in [6.07, 6.45) is 2.43. The van der Waals surface area contributed by atoms with Crippen molar-refractivity contribution in [3.05, 3.63) is 41.4 Å². The van der Waals surface area contributed by atoms with E-state index >= 15 is 0 Å². The minimum atomic E-state index is -0.472. The first-order chi connectivity index (χ1) is 10.6. The third-order valence-corrected chi connectivity index (χ3v) is 4.24. The monoisotopic (exact) mass is 366 g/mol. The van der Waals surface area contributed by atoms with E-state index in [-0.39, 0.29) is 5.91 Å². The Morgan fingerprint density at radius 1 is 1.41 bits per heavy atom. The number of benzene rings is 1. The number of nitrogens with zero attached hydrogens (tertiary/aromatic N) is 2. The molecule has 1 atom stereocenters. The predicted molar refractivity (Wildman–Crippen MR) is 92.1 cm³/mol. The summed E-state index contributed by atoms with van der Waals surface area (Å²) in [6, 6.07) is 7.57. The molecule has 1 fully saturated rings. The van der Waals surface area contributed by atoms with E-state index in [1.807, 2.05) is 42.2 Å². The molecule has 1 unspecified atom stereocenters. The van der Waals surface area contributed by atoms with Gasteiger partial charge in [0.1, 0.15) is 5.75 Å². The standard InChI is InChI=1S/C17H23BrN2O2/c1-3-8-19-9-5-10-20(12-11-19)17(21)14(2)22-16-7-4-6-15(18)13-16/h3-4,6-7,13-14H,1,5,8-12H2,2H3. The lowest BCUT2D eigenvalue weighted by Crippen LogP contribution is -2.42. The summed E-state index contributed by atoms with van der Waals surface area (Å²) in [5, 5.41) is 0. The van der Waals surface area contributed by atoms with Gasteiger partial charge in [0.25, 0.3) is 5.91 Å². The fourth-order valence-electron chi connectivity index (χ4n) is 2.61. The Morgan fingerprint density at radius 2 is 2.23 bits per heavy atom. The summed E-state index contributed by atoms with van der Waals surface area (Å²) < 4.78 is 6.72. The molecule has 0 radical (unpaired) electrons. The molecule has 1 saturated heterocycles. The Morgan fingerprint density at radius 3 is 2.95 bits per heavy atom. The topological polar surface area (TPSA) is 32.8 Å². The van der Waals surface area contributed by atoms with Crippen LogP contribution in [-0.2, 0) is 4.79 Å². The summed E-state index contributed by atoms with van der Waals surface area (Å²) in [5.74, 6) is 0.763. The van der Waals surface area contributed by atoms with Crippen molar-refractivity contribution < 1.29 is 9.53 Å². The molecule has 1 amide bonds. The van der Waals surface area contributed by atoms with Crippen molar-refractivity contribution in [2.75, 3.05) is 32.7 Å². The van der Waals surface area contributed by atoms with Gasteiger partial charge in [-0.3, -0.25) is 9.69 Å². The Labute approximate surface area is 140 Å². The predicted octanol–water partition coefficient (Wildman–Crippen LogP) is 2.94. The van der Waals surface area contributed by atoms with E-state index in [0.717, 1.165) is 43.6 Å². The highest BCUT2D eigenvalue weighted by molar-refractivity contribution is 9.10. The number of carbonyl (C=O) groups excluding carboxylic acids is 1. The Balaban J connectivity index is 1.91. The van der Waals surface area contributed by atoms with Crippen LogP contribution in [-0.4, -0.2) is 54.5 Å². The van der Waals surface area contributed by atoms with E-state index in [1.54, 1.807) is 0 Å². The molecule has 0 saturated carbocycles. The van der Waals surface area contributed by atoms with Gasteiger partial charge in [0.05, 0.1) is 0 Å². The van der Waals surface area contributed by atoms with Crippen LogP contribution in [0.2, 0.25) is 0 Å². The lowest BCUT2D eigenvalue weighted by molar-refractivity contribution is -0.137. The second-order valence-corrected chi connectivity index (χ2v) is 6.40. The van der Waals surface area contributed by atoms with E-state index in [4.69, 9.17) is 4.74 Å². The first-order valence-electron chi connectivity index (χ1n) is 7.64. The molecule has 0 N–H and O–H groups in total. The Kier molecular flexibility index (Phi) is 6.46. The smallest absolute Gasteiger partial charge is 0.263 e. The van der Waals surface area contributed by atoms with E-state index in [1.165, 1.54) is 0 Å². The van der Waals surface area contributed by atoms with Crippen LogP contribution in [0.1, 0.15) is 13.3 Å². The fraction of sp³-hybridized carbons (Fsp3) is 0.471. The third kappa shape index (κ3) is 4.85. The molecule has 0 aliphatic carbocycles. The lowest BCUT2D eigenvalue weighted by atomic mass is 10.3. The second-order valence-electron chi connectivity index (χ2n) is 5.49. The fourth-order valence-corrected chi connectivity index (χ4v) is 2.99. The molecule has 1 aliphatic rings. The van der Waals surface area contributed by atoms with Crippen LogP contribution < -0.4 is 4.74 Å². The first kappa shape index (κ1) is 17.0. The van der Waals surface area contributed by atoms with Crippen LogP contribution in [0.5, 0.6) is 5.75 Å². The van der Waals surface area contributed by atoms with Gasteiger partial charge in [-0.2, -0.15) is 0 Å². The Hall–Kier alpha value is -1.33. The van der Waals surface area contributed by atoms with Crippen LogP contribution in [0.4, 0.5) is 0 Å². The maximum absolute atomic E-state index is 12.6. The van der Waals surface area contributed by atoms with Gasteiger partial charge in [0.2, 0.25) is 0 Å². The number of ether oxygens (including phenoxy) is 1. The normalized spacial score (nSPS) is 17.6. The molecule has 1 aromatic carbocycles. The van der Waals surface area contributed by atoms with Crippen LogP contribution in [0, 0.1) is 0 Å². The Bertz CT molecular complexity index is 521. The highest BCUT2D eigenvalue weighted by Gasteiger charge is 2.24. The van der Waals surface area contributed by atoms with Crippen molar-refractivity contribution in [2.45, 2.75) is 19.4 Å². The van der Waals surface area contributed by atoms with Gasteiger partial charge in [0.15, 0.2) is 6.10 Å². The first-order valence-corrected chi connectivity index (χ1v) is 8.43. The summed E-state index contributed by atoms with van der Waals surface area (Å²) in [7, 11) is 0. The van der Waals surface area contributed by atoms with Gasteiger partial charge in [-0.15, -0.1) is 6.58 Å². The molecule has 4 nitrogen and oxygen atoms in total. The maximum Gasteiger partial charge on any atom is 0.263 e. The molecule has 5 heteroatoms. The molecular formula is C17H23BrN2O2. The summed E-state index contributed by atoms with van der Waals surface area (Å²) >= 11 is 3.41. The number of carbonyl (C=O) groups is 1. The number of halogens is 1. The summed E-state index contributed by atoms with van der Waals surface area (Å²) in [6.45, 7) is 9.91. The maximum atomic E-state index is 12.6. The summed E-state index contributed by atoms with van der Waals surface area (Å²) in [4.78, 5) is 16.8. The zero-order chi connectivity index (χ0) is 15.9. The minimum Gasteiger partial charge on any atom is -0.481 e. The summed E-state index contributed by atoms with van der Waals surface area (Å²) in [5.41, 5.74) is 0. The van der Waals surface area contributed by atoms with Gasteiger partial charge in [-0.05, 0) is 31.5 Å². The van der Waals surface area contributed by atoms with E-state index in [9.17, 15) is 4.79 Å². The second kappa shape index (κ2) is 8.34. The third-order valence-electron chi connectivity index (χ3n) is 3.74. The average Bonchev–Trinajstić information content (AvgIpc) is 2.72. The van der Waals surface area contributed by atoms with Crippen molar-refractivity contribution in [1.82, 2.24) is 9.80 Å². The molecular weight excluding hydrogens is 344 g/mol. The number of hydrogen-bond donors (Lipinski definition) is 0. The minimum absolute atomic E-state index is 0.0560. The van der Waals surface area contributed by atoms with E-state index < -0.39 is 6.10 Å². The van der Waals surface area contributed by atoms with Crippen molar-refractivity contribution in [3.63, 3.8) is 0 Å². The van der Waals surface area contributed by atoms with Crippen LogP contribution >= 0.6 is 15.9 Å². The van der Waals surface area contributed by atoms with Gasteiger partial charge in [-0.25, -0.2) is 0 Å². The number of rotatable bonds is 5. The van der Waals surface area contributed by atoms with Gasteiger partial charge < -0.3 is 9.64 Å². The molecule has 1 aliphatic heterocycles. The van der Waals surface area contributed by atoms with Gasteiger partial charge in [0, 0.05) is 37.2 Å². The van der Waals surface area contributed by atoms with E-state index in [0.29, 0.717) is 5.75 Å². The van der Waals surface area contributed by atoms with Crippen molar-refractivity contribution in [3.8, 4) is 5.75 Å². The largest absolute Gasteiger partial charge is 0.481 e. The molecule has 1 heterocycles. The van der Waals surface area contributed by atoms with Crippen LogP contribution in [0.3, 0.4) is 0 Å². The zero-order valence-corrected chi connectivity index (χ0v) is 14.6. The van der Waals surface area contributed by atoms with Crippen LogP contribution in [0.15, 0.2) is 41.4 Å². The SMILES string of the molecule is C=CCN1CCCN(C(=O)C(C)Oc2cccc(Br)c2)CC1. The molecule has 1 aromatic rings. The zero-order valence-electron chi connectivity index (χ0n) is 13.0. The quantitative estimate of drug-likeness (QED) is 0.751. The van der Waals surface area contributed by atoms with Crippen molar-refractivity contribution in [2.24, 2.45) is 0 Å². The molecule has 0 bridgehead atoms. The molecule has 0 aromatic heterocycles. The highest BCUT2D eigenvalue weighted by Crippen LogP contribution is 2.19.